The smallest absolute Gasteiger partial charge is 0.410 e. The van der Waals surface area contributed by atoms with Crippen molar-refractivity contribution < 1.29 is 19.4 Å². The van der Waals surface area contributed by atoms with Gasteiger partial charge in [0.2, 0.25) is 0 Å². The molecule has 0 aromatic heterocycles. The molecule has 0 radical (unpaired) electrons. The minimum Gasteiger partial charge on any atom is -0.480 e. The maximum absolute atomic E-state index is 12.0. The molecule has 1 unspecified atom stereocenters. The number of ether oxygens (including phenoxy) is 1. The third-order valence-corrected chi connectivity index (χ3v) is 3.48. The number of carboxylic acids is 1. The first-order valence-corrected chi connectivity index (χ1v) is 6.90. The van der Waals surface area contributed by atoms with Gasteiger partial charge < -0.3 is 14.7 Å². The van der Waals surface area contributed by atoms with Crippen molar-refractivity contribution in [1.82, 2.24) is 9.91 Å². The van der Waals surface area contributed by atoms with Gasteiger partial charge in [0.1, 0.15) is 12.6 Å². The summed E-state index contributed by atoms with van der Waals surface area (Å²) >= 11 is 0. The molecule has 1 aliphatic heterocycles. The van der Waals surface area contributed by atoms with Crippen LogP contribution >= 0.6 is 0 Å². The normalized spacial score (nSPS) is 18.5. The highest BCUT2D eigenvalue weighted by atomic mass is 16.6. The zero-order valence-corrected chi connectivity index (χ0v) is 11.9. The highest BCUT2D eigenvalue weighted by molar-refractivity contribution is 5.74. The van der Waals surface area contributed by atoms with Crippen molar-refractivity contribution >= 4 is 12.1 Å². The predicted octanol–water partition coefficient (Wildman–Crippen LogP) is 1.47. The zero-order valence-electron chi connectivity index (χ0n) is 11.9. The van der Waals surface area contributed by atoms with Crippen molar-refractivity contribution in [3.63, 3.8) is 0 Å². The van der Waals surface area contributed by atoms with E-state index < -0.39 is 18.1 Å². The summed E-state index contributed by atoms with van der Waals surface area (Å²) in [6.45, 7) is 0.620. The van der Waals surface area contributed by atoms with E-state index in [2.05, 4.69) is 5.29 Å². The molecule has 1 amide bonds. The van der Waals surface area contributed by atoms with Crippen molar-refractivity contribution in [3.8, 4) is 0 Å². The van der Waals surface area contributed by atoms with Gasteiger partial charge in [-0.3, -0.25) is 0 Å². The molecule has 22 heavy (non-hydrogen) atoms. The van der Waals surface area contributed by atoms with Gasteiger partial charge in [-0.05, 0) is 12.0 Å². The number of hydrogen-bond donors (Lipinski definition) is 1. The molecule has 0 aliphatic carbocycles. The van der Waals surface area contributed by atoms with E-state index in [1.54, 1.807) is 0 Å². The number of rotatable bonds is 4. The standard InChI is InChI=1S/C14H17N3O5/c18-13(19)12-6-7-16(8-9-17(12)15-21)14(20)22-10-11-4-2-1-3-5-11/h1-5,12H,6-10H2,(H,18,19). The molecule has 1 aliphatic rings. The number of amides is 1. The van der Waals surface area contributed by atoms with Crippen LogP contribution in [0.2, 0.25) is 0 Å². The van der Waals surface area contributed by atoms with Crippen LogP contribution in [0.1, 0.15) is 12.0 Å². The molecule has 1 fully saturated rings. The Bertz CT molecular complexity index is 537. The first-order chi connectivity index (χ1) is 10.6. The second kappa shape index (κ2) is 7.39. The maximum atomic E-state index is 12.0. The molecular weight excluding hydrogens is 290 g/mol. The van der Waals surface area contributed by atoms with Gasteiger partial charge in [0.15, 0.2) is 0 Å². The van der Waals surface area contributed by atoms with Gasteiger partial charge in [-0.15, -0.1) is 4.91 Å². The lowest BCUT2D eigenvalue weighted by molar-refractivity contribution is -0.143. The summed E-state index contributed by atoms with van der Waals surface area (Å²) in [4.78, 5) is 35.2. The summed E-state index contributed by atoms with van der Waals surface area (Å²) < 4.78 is 5.20. The molecule has 1 heterocycles. The van der Waals surface area contributed by atoms with Crippen LogP contribution in [0, 0.1) is 4.91 Å². The molecule has 1 aromatic rings. The summed E-state index contributed by atoms with van der Waals surface area (Å²) in [7, 11) is 0. The summed E-state index contributed by atoms with van der Waals surface area (Å²) in [5.74, 6) is -1.13. The van der Waals surface area contributed by atoms with Gasteiger partial charge in [0.05, 0.1) is 11.8 Å². The number of nitrogens with zero attached hydrogens (tertiary/aromatic N) is 3. The molecule has 1 aromatic carbocycles. The summed E-state index contributed by atoms with van der Waals surface area (Å²) in [5, 5.41) is 12.7. The van der Waals surface area contributed by atoms with E-state index in [0.29, 0.717) is 0 Å². The molecule has 118 valence electrons. The van der Waals surface area contributed by atoms with Crippen LogP contribution in [0.4, 0.5) is 4.79 Å². The monoisotopic (exact) mass is 307 g/mol. The Morgan fingerprint density at radius 2 is 1.95 bits per heavy atom. The fourth-order valence-corrected chi connectivity index (χ4v) is 2.26. The molecule has 1 atom stereocenters. The molecule has 0 bridgehead atoms. The first kappa shape index (κ1) is 15.7. The number of carbonyl (C=O) groups excluding carboxylic acids is 1. The van der Waals surface area contributed by atoms with Crippen molar-refractivity contribution in [1.29, 1.82) is 0 Å². The second-order valence-electron chi connectivity index (χ2n) is 4.91. The maximum Gasteiger partial charge on any atom is 0.410 e. The van der Waals surface area contributed by atoms with Crippen LogP contribution in [0.15, 0.2) is 35.6 Å². The van der Waals surface area contributed by atoms with Gasteiger partial charge in [-0.25, -0.2) is 14.6 Å². The quantitative estimate of drug-likeness (QED) is 0.845. The van der Waals surface area contributed by atoms with E-state index in [1.165, 1.54) is 4.90 Å². The van der Waals surface area contributed by atoms with Crippen LogP contribution in [-0.4, -0.2) is 52.8 Å². The van der Waals surface area contributed by atoms with E-state index in [0.717, 1.165) is 10.6 Å². The average Bonchev–Trinajstić information content (AvgIpc) is 2.76. The van der Waals surface area contributed by atoms with Crippen molar-refractivity contribution in [2.75, 3.05) is 19.6 Å². The van der Waals surface area contributed by atoms with E-state index in [9.17, 15) is 14.5 Å². The molecule has 0 spiro atoms. The lowest BCUT2D eigenvalue weighted by Crippen LogP contribution is -2.37. The fourth-order valence-electron chi connectivity index (χ4n) is 2.26. The molecular formula is C14H17N3O5. The Morgan fingerprint density at radius 3 is 2.59 bits per heavy atom. The molecule has 8 heteroatoms. The summed E-state index contributed by atoms with van der Waals surface area (Å²) in [6.07, 6.45) is -0.401. The number of carbonyl (C=O) groups is 2. The van der Waals surface area contributed by atoms with Crippen molar-refractivity contribution in [2.45, 2.75) is 19.1 Å². The highest BCUT2D eigenvalue weighted by Gasteiger charge is 2.31. The Balaban J connectivity index is 1.91. The number of hydrogen-bond acceptors (Lipinski definition) is 5. The number of carboxylic acid groups (broad SMARTS) is 1. The van der Waals surface area contributed by atoms with Gasteiger partial charge in [0, 0.05) is 13.1 Å². The molecule has 2 rings (SSSR count). The Labute approximate surface area is 127 Å². The van der Waals surface area contributed by atoms with Crippen molar-refractivity contribution in [2.24, 2.45) is 5.29 Å². The van der Waals surface area contributed by atoms with Gasteiger partial charge in [-0.1, -0.05) is 30.3 Å². The predicted molar refractivity (Wildman–Crippen MR) is 76.7 cm³/mol. The van der Waals surface area contributed by atoms with Crippen LogP contribution < -0.4 is 0 Å². The van der Waals surface area contributed by atoms with E-state index in [4.69, 9.17) is 9.84 Å². The Hall–Kier alpha value is -2.64. The van der Waals surface area contributed by atoms with Crippen LogP contribution in [0.25, 0.3) is 0 Å². The third kappa shape index (κ3) is 3.94. The third-order valence-electron chi connectivity index (χ3n) is 3.48. The minimum atomic E-state index is -1.13. The van der Waals surface area contributed by atoms with Crippen LogP contribution in [0.3, 0.4) is 0 Å². The van der Waals surface area contributed by atoms with Gasteiger partial charge in [-0.2, -0.15) is 0 Å². The average molecular weight is 307 g/mol. The zero-order chi connectivity index (χ0) is 15.9. The SMILES string of the molecule is O=NN1CCN(C(=O)OCc2ccccc2)CCC1C(=O)O. The van der Waals surface area contributed by atoms with Crippen molar-refractivity contribution in [3.05, 3.63) is 40.8 Å². The highest BCUT2D eigenvalue weighted by Crippen LogP contribution is 2.13. The number of aliphatic carboxylic acids is 1. The fraction of sp³-hybridized carbons (Fsp3) is 0.429. The molecule has 0 saturated carbocycles. The first-order valence-electron chi connectivity index (χ1n) is 6.90. The lowest BCUT2D eigenvalue weighted by Gasteiger charge is -2.19. The van der Waals surface area contributed by atoms with Crippen LogP contribution in [0.5, 0.6) is 0 Å². The summed E-state index contributed by atoms with van der Waals surface area (Å²) in [5.41, 5.74) is 0.866. The second-order valence-corrected chi connectivity index (χ2v) is 4.91. The van der Waals surface area contributed by atoms with E-state index >= 15 is 0 Å². The molecule has 1 N–H and O–H groups in total. The lowest BCUT2D eigenvalue weighted by atomic mass is 10.2. The largest absolute Gasteiger partial charge is 0.480 e. The van der Waals surface area contributed by atoms with Gasteiger partial charge in [0.25, 0.3) is 0 Å². The molecule has 8 nitrogen and oxygen atoms in total. The Morgan fingerprint density at radius 1 is 1.23 bits per heavy atom. The minimum absolute atomic E-state index is 0.0703. The van der Waals surface area contributed by atoms with E-state index in [1.807, 2.05) is 30.3 Å². The van der Waals surface area contributed by atoms with Crippen LogP contribution in [-0.2, 0) is 16.1 Å². The number of benzene rings is 1. The number of nitroso groups, excluding NO2 is 1. The van der Waals surface area contributed by atoms with Gasteiger partial charge >= 0.3 is 12.1 Å². The van der Waals surface area contributed by atoms with E-state index in [-0.39, 0.29) is 32.7 Å². The molecule has 1 saturated heterocycles. The Kier molecular flexibility index (Phi) is 5.29. The topological polar surface area (TPSA) is 99.5 Å². The summed E-state index contributed by atoms with van der Waals surface area (Å²) in [6, 6.07) is 8.24.